The van der Waals surface area contributed by atoms with Gasteiger partial charge in [0.2, 0.25) is 0 Å². The first-order chi connectivity index (χ1) is 7.29. The van der Waals surface area contributed by atoms with Crippen molar-refractivity contribution in [1.29, 1.82) is 0 Å². The maximum absolute atomic E-state index is 9.50. The number of hydrogen-bond acceptors (Lipinski definition) is 3. The Kier molecular flexibility index (Phi) is 8.02. The number of hydrogen-bond donors (Lipinski definition) is 2. The van der Waals surface area contributed by atoms with Crippen molar-refractivity contribution < 1.29 is 10.2 Å². The zero-order valence-corrected chi connectivity index (χ0v) is 10.6. The first-order valence-corrected chi connectivity index (χ1v) is 6.39. The van der Waals surface area contributed by atoms with Crippen molar-refractivity contribution in [3.8, 4) is 0 Å². The Morgan fingerprint density at radius 2 is 1.60 bits per heavy atom. The molecule has 3 nitrogen and oxygen atoms in total. The maximum atomic E-state index is 9.50. The van der Waals surface area contributed by atoms with Gasteiger partial charge >= 0.3 is 0 Å². The molecule has 15 heavy (non-hydrogen) atoms. The number of fused-ring (bicyclic) bond motifs is 1. The van der Waals surface area contributed by atoms with Crippen LogP contribution in [0.15, 0.2) is 0 Å². The number of rotatable bonds is 0. The Balaban J connectivity index is 0.000000442. The van der Waals surface area contributed by atoms with Crippen molar-refractivity contribution in [3.63, 3.8) is 0 Å². The van der Waals surface area contributed by atoms with Gasteiger partial charge in [0.25, 0.3) is 0 Å². The summed E-state index contributed by atoms with van der Waals surface area (Å²) >= 11 is 0. The van der Waals surface area contributed by atoms with Gasteiger partial charge in [-0.2, -0.15) is 0 Å². The van der Waals surface area contributed by atoms with Crippen LogP contribution in [-0.2, 0) is 0 Å². The third-order valence-electron chi connectivity index (χ3n) is 2.87. The summed E-state index contributed by atoms with van der Waals surface area (Å²) in [6.45, 7) is 9.73. The molecule has 0 aliphatic carbocycles. The van der Waals surface area contributed by atoms with E-state index in [0.717, 1.165) is 13.0 Å². The normalized spacial score (nSPS) is 34.4. The molecule has 2 N–H and O–H groups in total. The third-order valence-corrected chi connectivity index (χ3v) is 2.87. The van der Waals surface area contributed by atoms with Crippen LogP contribution in [0, 0.1) is 0 Å². The Bertz CT molecular complexity index is 153. The SMILES string of the molecule is CC.CC.O[C@@H]1CN2CCCCC2[C@@H]1O. The zero-order valence-electron chi connectivity index (χ0n) is 10.6. The van der Waals surface area contributed by atoms with Gasteiger partial charge in [0.05, 0.1) is 12.2 Å². The molecule has 0 spiro atoms. The molecule has 2 fully saturated rings. The van der Waals surface area contributed by atoms with Gasteiger partial charge in [-0.05, 0) is 19.4 Å². The maximum Gasteiger partial charge on any atom is 0.0966 e. The van der Waals surface area contributed by atoms with Crippen LogP contribution >= 0.6 is 0 Å². The molecule has 0 saturated carbocycles. The van der Waals surface area contributed by atoms with Gasteiger partial charge in [-0.3, -0.25) is 4.90 Å². The molecule has 0 aromatic carbocycles. The molecule has 2 aliphatic rings. The predicted molar refractivity (Wildman–Crippen MR) is 63.9 cm³/mol. The van der Waals surface area contributed by atoms with E-state index in [1.165, 1.54) is 12.8 Å². The number of aliphatic hydroxyl groups excluding tert-OH is 2. The molecule has 0 amide bonds. The van der Waals surface area contributed by atoms with Gasteiger partial charge in [0, 0.05) is 12.6 Å². The standard InChI is InChI=1S/C8H15NO2.2C2H6/c10-7-5-9-4-2-1-3-6(9)8(7)11;2*1-2/h6-8,10-11H,1-5H2;2*1-2H3/t6?,7-,8+;;/m1../s1. The van der Waals surface area contributed by atoms with E-state index in [1.807, 2.05) is 27.7 Å². The van der Waals surface area contributed by atoms with Crippen LogP contribution in [0.25, 0.3) is 0 Å². The highest BCUT2D eigenvalue weighted by molar-refractivity contribution is 4.94. The fourth-order valence-corrected chi connectivity index (χ4v) is 2.23. The monoisotopic (exact) mass is 217 g/mol. The molecule has 92 valence electrons. The lowest BCUT2D eigenvalue weighted by atomic mass is 10.0. The Morgan fingerprint density at radius 3 is 2.13 bits per heavy atom. The molecule has 3 atom stereocenters. The summed E-state index contributed by atoms with van der Waals surface area (Å²) in [5.74, 6) is 0. The lowest BCUT2D eigenvalue weighted by Crippen LogP contribution is -2.39. The van der Waals surface area contributed by atoms with E-state index in [-0.39, 0.29) is 6.04 Å². The molecular formula is C12H27NO2. The van der Waals surface area contributed by atoms with E-state index in [4.69, 9.17) is 0 Å². The largest absolute Gasteiger partial charge is 0.389 e. The molecule has 0 radical (unpaired) electrons. The lowest BCUT2D eigenvalue weighted by molar-refractivity contribution is 0.0318. The second-order valence-corrected chi connectivity index (χ2v) is 3.62. The average Bonchev–Trinajstić information content (AvgIpc) is 2.61. The van der Waals surface area contributed by atoms with E-state index >= 15 is 0 Å². The van der Waals surface area contributed by atoms with Gasteiger partial charge in [0.1, 0.15) is 0 Å². The predicted octanol–water partition coefficient (Wildman–Crippen LogP) is 1.63. The van der Waals surface area contributed by atoms with Gasteiger partial charge in [-0.25, -0.2) is 0 Å². The second-order valence-electron chi connectivity index (χ2n) is 3.62. The van der Waals surface area contributed by atoms with Crippen molar-refractivity contribution in [2.45, 2.75) is 65.2 Å². The molecular weight excluding hydrogens is 190 g/mol. The molecule has 2 heterocycles. The van der Waals surface area contributed by atoms with E-state index in [2.05, 4.69) is 4.90 Å². The number of piperidine rings is 1. The van der Waals surface area contributed by atoms with Crippen LogP contribution in [0.1, 0.15) is 47.0 Å². The Hall–Kier alpha value is -0.120. The minimum absolute atomic E-state index is 0.249. The quantitative estimate of drug-likeness (QED) is 0.648. The molecule has 2 rings (SSSR count). The molecule has 1 unspecified atom stereocenters. The fourth-order valence-electron chi connectivity index (χ4n) is 2.23. The van der Waals surface area contributed by atoms with Gasteiger partial charge in [-0.1, -0.05) is 34.1 Å². The summed E-state index contributed by atoms with van der Waals surface area (Å²) in [4.78, 5) is 2.21. The summed E-state index contributed by atoms with van der Waals surface area (Å²) < 4.78 is 0. The highest BCUT2D eigenvalue weighted by atomic mass is 16.3. The van der Waals surface area contributed by atoms with Gasteiger partial charge in [-0.15, -0.1) is 0 Å². The molecule has 0 aromatic heterocycles. The van der Waals surface area contributed by atoms with Gasteiger partial charge in [0.15, 0.2) is 0 Å². The minimum Gasteiger partial charge on any atom is -0.389 e. The molecule has 3 heteroatoms. The van der Waals surface area contributed by atoms with Gasteiger partial charge < -0.3 is 10.2 Å². The zero-order chi connectivity index (χ0) is 11.8. The van der Waals surface area contributed by atoms with E-state index < -0.39 is 12.2 Å². The average molecular weight is 217 g/mol. The smallest absolute Gasteiger partial charge is 0.0966 e. The van der Waals surface area contributed by atoms with Crippen molar-refractivity contribution >= 4 is 0 Å². The minimum atomic E-state index is -0.502. The van der Waals surface area contributed by atoms with Crippen LogP contribution in [0.4, 0.5) is 0 Å². The van der Waals surface area contributed by atoms with Crippen molar-refractivity contribution in [1.82, 2.24) is 4.90 Å². The summed E-state index contributed by atoms with van der Waals surface area (Å²) in [6, 6.07) is 0.249. The number of nitrogens with zero attached hydrogens (tertiary/aromatic N) is 1. The molecule has 2 saturated heterocycles. The van der Waals surface area contributed by atoms with E-state index in [1.54, 1.807) is 0 Å². The Labute approximate surface area is 94.1 Å². The molecule has 2 aliphatic heterocycles. The summed E-state index contributed by atoms with van der Waals surface area (Å²) in [5, 5.41) is 18.8. The summed E-state index contributed by atoms with van der Waals surface area (Å²) in [5.41, 5.74) is 0. The summed E-state index contributed by atoms with van der Waals surface area (Å²) in [6.07, 6.45) is 2.48. The topological polar surface area (TPSA) is 43.7 Å². The van der Waals surface area contributed by atoms with Crippen molar-refractivity contribution in [3.05, 3.63) is 0 Å². The first-order valence-electron chi connectivity index (χ1n) is 6.39. The summed E-state index contributed by atoms with van der Waals surface area (Å²) in [7, 11) is 0. The fraction of sp³-hybridized carbons (Fsp3) is 1.00. The van der Waals surface area contributed by atoms with Crippen LogP contribution < -0.4 is 0 Å². The van der Waals surface area contributed by atoms with Crippen LogP contribution in [0.3, 0.4) is 0 Å². The van der Waals surface area contributed by atoms with E-state index in [0.29, 0.717) is 6.54 Å². The molecule has 0 bridgehead atoms. The lowest BCUT2D eigenvalue weighted by Gasteiger charge is -2.29. The first kappa shape index (κ1) is 14.9. The number of aliphatic hydroxyl groups is 2. The highest BCUT2D eigenvalue weighted by Gasteiger charge is 2.40. The second kappa shape index (κ2) is 8.08. The highest BCUT2D eigenvalue weighted by Crippen LogP contribution is 2.26. The van der Waals surface area contributed by atoms with Crippen LogP contribution in [0.2, 0.25) is 0 Å². The van der Waals surface area contributed by atoms with Crippen molar-refractivity contribution in [2.24, 2.45) is 0 Å². The molecule has 0 aromatic rings. The van der Waals surface area contributed by atoms with Crippen LogP contribution in [0.5, 0.6) is 0 Å². The van der Waals surface area contributed by atoms with Crippen molar-refractivity contribution in [2.75, 3.05) is 13.1 Å². The Morgan fingerprint density at radius 1 is 1.00 bits per heavy atom. The van der Waals surface area contributed by atoms with E-state index in [9.17, 15) is 10.2 Å². The van der Waals surface area contributed by atoms with Crippen LogP contribution in [-0.4, -0.2) is 46.5 Å². The third kappa shape index (κ3) is 3.74.